The first-order chi connectivity index (χ1) is 14.0. The number of nitrogens with zero attached hydrogens (tertiary/aromatic N) is 1. The minimum Gasteiger partial charge on any atom is -0.508 e. The maximum Gasteiger partial charge on any atom is 0.251 e. The molecule has 0 atom stereocenters. The third kappa shape index (κ3) is 4.94. The van der Waals surface area contributed by atoms with Crippen molar-refractivity contribution in [2.24, 2.45) is 0 Å². The second kappa shape index (κ2) is 8.28. The van der Waals surface area contributed by atoms with E-state index in [0.29, 0.717) is 25.9 Å². The zero-order chi connectivity index (χ0) is 22.1. The van der Waals surface area contributed by atoms with Gasteiger partial charge in [0.2, 0.25) is 10.0 Å². The number of piperidine rings is 1. The topological polar surface area (TPSA) is 107 Å². The van der Waals surface area contributed by atoms with Crippen LogP contribution in [0.4, 0.5) is 0 Å². The predicted octanol–water partition coefficient (Wildman–Crippen LogP) is 2.98. The highest BCUT2D eigenvalue weighted by molar-refractivity contribution is 7.89. The molecule has 162 valence electrons. The summed E-state index contributed by atoms with van der Waals surface area (Å²) in [5.41, 5.74) is 1.17. The lowest BCUT2D eigenvalue weighted by Gasteiger charge is -2.31. The van der Waals surface area contributed by atoms with E-state index in [9.17, 15) is 23.4 Å². The van der Waals surface area contributed by atoms with Gasteiger partial charge in [-0.2, -0.15) is 4.31 Å². The summed E-state index contributed by atoms with van der Waals surface area (Å²) >= 11 is 0. The number of carbonyl (C=O) groups is 1. The molecule has 0 unspecified atom stereocenters. The molecule has 8 heteroatoms. The van der Waals surface area contributed by atoms with Gasteiger partial charge in [0.25, 0.3) is 5.91 Å². The van der Waals surface area contributed by atoms with Crippen LogP contribution < -0.4 is 5.32 Å². The molecule has 0 bridgehead atoms. The van der Waals surface area contributed by atoms with Crippen molar-refractivity contribution in [3.63, 3.8) is 0 Å². The Morgan fingerprint density at radius 1 is 1.00 bits per heavy atom. The normalized spacial score (nSPS) is 16.4. The Morgan fingerprint density at radius 2 is 1.53 bits per heavy atom. The number of carbonyl (C=O) groups excluding carboxylic acids is 1. The molecule has 1 aliphatic heterocycles. The molecule has 1 amide bonds. The minimum absolute atomic E-state index is 0.0504. The Bertz CT molecular complexity index is 998. The van der Waals surface area contributed by atoms with Crippen molar-refractivity contribution in [2.75, 3.05) is 13.1 Å². The van der Waals surface area contributed by atoms with Crippen molar-refractivity contribution >= 4 is 15.9 Å². The Labute approximate surface area is 177 Å². The van der Waals surface area contributed by atoms with Gasteiger partial charge in [-0.3, -0.25) is 4.79 Å². The molecule has 1 aliphatic rings. The molecule has 7 nitrogen and oxygen atoms in total. The first-order valence-corrected chi connectivity index (χ1v) is 11.4. The van der Waals surface area contributed by atoms with Crippen molar-refractivity contribution in [3.05, 3.63) is 53.6 Å². The number of rotatable bonds is 4. The summed E-state index contributed by atoms with van der Waals surface area (Å²) in [4.78, 5) is 12.6. The molecule has 1 saturated heterocycles. The molecule has 1 fully saturated rings. The number of phenols is 2. The third-order valence-corrected chi connectivity index (χ3v) is 7.22. The average Bonchev–Trinajstić information content (AvgIpc) is 2.67. The van der Waals surface area contributed by atoms with Gasteiger partial charge in [0.1, 0.15) is 11.5 Å². The van der Waals surface area contributed by atoms with E-state index in [2.05, 4.69) is 26.1 Å². The number of amides is 1. The van der Waals surface area contributed by atoms with Gasteiger partial charge in [-0.1, -0.05) is 32.9 Å². The van der Waals surface area contributed by atoms with Crippen LogP contribution in [0.15, 0.2) is 47.4 Å². The molecule has 3 N–H and O–H groups in total. The summed E-state index contributed by atoms with van der Waals surface area (Å²) in [5.74, 6) is -0.808. The fourth-order valence-corrected chi connectivity index (χ4v) is 4.98. The van der Waals surface area contributed by atoms with E-state index in [-0.39, 0.29) is 33.4 Å². The predicted molar refractivity (Wildman–Crippen MR) is 114 cm³/mol. The van der Waals surface area contributed by atoms with Gasteiger partial charge in [0.15, 0.2) is 0 Å². The Balaban J connectivity index is 1.62. The van der Waals surface area contributed by atoms with E-state index < -0.39 is 15.9 Å². The zero-order valence-corrected chi connectivity index (χ0v) is 18.2. The Kier molecular flexibility index (Phi) is 6.10. The lowest BCUT2D eigenvalue weighted by atomic mass is 9.87. The molecule has 0 aromatic heterocycles. The fourth-order valence-electron chi connectivity index (χ4n) is 3.51. The van der Waals surface area contributed by atoms with Gasteiger partial charge >= 0.3 is 0 Å². The smallest absolute Gasteiger partial charge is 0.251 e. The summed E-state index contributed by atoms with van der Waals surface area (Å²) < 4.78 is 27.4. The minimum atomic E-state index is -3.59. The summed E-state index contributed by atoms with van der Waals surface area (Å²) in [7, 11) is -3.59. The van der Waals surface area contributed by atoms with Crippen molar-refractivity contribution < 1.29 is 23.4 Å². The number of sulfonamides is 1. The van der Waals surface area contributed by atoms with Crippen LogP contribution in [0.25, 0.3) is 0 Å². The van der Waals surface area contributed by atoms with Crippen LogP contribution in [-0.2, 0) is 15.4 Å². The molecule has 2 aromatic carbocycles. The molecule has 2 aromatic rings. The number of aromatic hydroxyl groups is 2. The second-order valence-electron chi connectivity index (χ2n) is 8.66. The molecule has 0 aliphatic carbocycles. The third-order valence-electron chi connectivity index (χ3n) is 5.31. The van der Waals surface area contributed by atoms with E-state index in [0.717, 1.165) is 11.6 Å². The highest BCUT2D eigenvalue weighted by Gasteiger charge is 2.30. The number of hydrogen-bond donors (Lipinski definition) is 3. The molecule has 0 saturated carbocycles. The van der Waals surface area contributed by atoms with Crippen LogP contribution in [0.1, 0.15) is 49.5 Å². The largest absolute Gasteiger partial charge is 0.508 e. The highest BCUT2D eigenvalue weighted by Crippen LogP contribution is 2.26. The van der Waals surface area contributed by atoms with Gasteiger partial charge in [0, 0.05) is 30.8 Å². The maximum absolute atomic E-state index is 13.0. The lowest BCUT2D eigenvalue weighted by molar-refractivity contribution is 0.0923. The molecule has 3 rings (SSSR count). The van der Waals surface area contributed by atoms with Crippen LogP contribution in [0.2, 0.25) is 0 Å². The van der Waals surface area contributed by atoms with Gasteiger partial charge in [-0.15, -0.1) is 0 Å². The standard InChI is InChI=1S/C22H28N2O5S/c1-22(2,3)16-4-6-20(7-5-16)30(28,29)24-10-8-17(9-11-24)23-21(27)15-12-18(25)14-19(26)13-15/h4-7,12-14,17,25-26H,8-11H2,1-3H3,(H,23,27). The first-order valence-electron chi connectivity index (χ1n) is 9.91. The van der Waals surface area contributed by atoms with Crippen molar-refractivity contribution in [3.8, 4) is 11.5 Å². The molecule has 30 heavy (non-hydrogen) atoms. The monoisotopic (exact) mass is 432 g/mol. The van der Waals surface area contributed by atoms with Crippen LogP contribution in [0.5, 0.6) is 11.5 Å². The van der Waals surface area contributed by atoms with Gasteiger partial charge in [-0.05, 0) is 48.1 Å². The van der Waals surface area contributed by atoms with E-state index in [1.807, 2.05) is 12.1 Å². The van der Waals surface area contributed by atoms with E-state index in [1.54, 1.807) is 12.1 Å². The van der Waals surface area contributed by atoms with Crippen molar-refractivity contribution in [2.45, 2.75) is 50.0 Å². The first kappa shape index (κ1) is 22.1. The highest BCUT2D eigenvalue weighted by atomic mass is 32.2. The Hall–Kier alpha value is -2.58. The van der Waals surface area contributed by atoms with E-state index >= 15 is 0 Å². The van der Waals surface area contributed by atoms with E-state index in [4.69, 9.17) is 0 Å². The maximum atomic E-state index is 13.0. The molecule has 0 spiro atoms. The number of benzene rings is 2. The SMILES string of the molecule is CC(C)(C)c1ccc(S(=O)(=O)N2CCC(NC(=O)c3cc(O)cc(O)c3)CC2)cc1. The number of phenolic OH excluding ortho intramolecular Hbond substituents is 2. The lowest BCUT2D eigenvalue weighted by Crippen LogP contribution is -2.46. The Morgan fingerprint density at radius 3 is 2.03 bits per heavy atom. The summed E-state index contributed by atoms with van der Waals surface area (Å²) in [6, 6.07) is 10.5. The van der Waals surface area contributed by atoms with Crippen LogP contribution in [0.3, 0.4) is 0 Å². The molecular formula is C22H28N2O5S. The van der Waals surface area contributed by atoms with Gasteiger partial charge < -0.3 is 15.5 Å². The van der Waals surface area contributed by atoms with Crippen LogP contribution in [0, 0.1) is 0 Å². The average molecular weight is 433 g/mol. The summed E-state index contributed by atoms with van der Waals surface area (Å²) in [6.45, 7) is 6.84. The zero-order valence-electron chi connectivity index (χ0n) is 17.4. The van der Waals surface area contributed by atoms with Crippen molar-refractivity contribution in [1.82, 2.24) is 9.62 Å². The van der Waals surface area contributed by atoms with Crippen LogP contribution in [-0.4, -0.2) is 48.0 Å². The fraction of sp³-hybridized carbons (Fsp3) is 0.409. The van der Waals surface area contributed by atoms with Gasteiger partial charge in [0.05, 0.1) is 4.90 Å². The van der Waals surface area contributed by atoms with Gasteiger partial charge in [-0.25, -0.2) is 8.42 Å². The summed E-state index contributed by atoms with van der Waals surface area (Å²) in [5, 5.41) is 21.9. The van der Waals surface area contributed by atoms with E-state index in [1.165, 1.54) is 16.4 Å². The van der Waals surface area contributed by atoms with Crippen molar-refractivity contribution in [1.29, 1.82) is 0 Å². The molecule has 0 radical (unpaired) electrons. The molecule has 1 heterocycles. The molecular weight excluding hydrogens is 404 g/mol. The number of nitrogens with one attached hydrogen (secondary N) is 1. The quantitative estimate of drug-likeness (QED) is 0.689. The number of hydrogen-bond acceptors (Lipinski definition) is 5. The summed E-state index contributed by atoms with van der Waals surface area (Å²) in [6.07, 6.45) is 0.964. The van der Waals surface area contributed by atoms with Crippen LogP contribution >= 0.6 is 0 Å². The second-order valence-corrected chi connectivity index (χ2v) is 10.6.